The SMILES string of the molecule is CNC(=O)c1cccc(NC(=O)c2cc(Cl)c(OCC(C)C)c(OC)c2)c1. The number of hydrogen-bond donors (Lipinski definition) is 2. The molecule has 0 aliphatic rings. The van der Waals surface area contributed by atoms with Crippen molar-refractivity contribution in [3.63, 3.8) is 0 Å². The van der Waals surface area contributed by atoms with E-state index in [1.807, 2.05) is 13.8 Å². The zero-order valence-electron chi connectivity index (χ0n) is 15.8. The van der Waals surface area contributed by atoms with E-state index in [9.17, 15) is 9.59 Å². The van der Waals surface area contributed by atoms with E-state index in [0.29, 0.717) is 45.9 Å². The zero-order chi connectivity index (χ0) is 20.0. The van der Waals surface area contributed by atoms with Crippen LogP contribution in [0.5, 0.6) is 11.5 Å². The molecule has 2 N–H and O–H groups in total. The van der Waals surface area contributed by atoms with Gasteiger partial charge in [-0.15, -0.1) is 0 Å². The van der Waals surface area contributed by atoms with Crippen molar-refractivity contribution >= 4 is 29.1 Å². The molecule has 0 unspecified atom stereocenters. The van der Waals surface area contributed by atoms with Crippen molar-refractivity contribution in [2.24, 2.45) is 5.92 Å². The topological polar surface area (TPSA) is 76.7 Å². The Bertz CT molecular complexity index is 837. The fourth-order valence-corrected chi connectivity index (χ4v) is 2.59. The lowest BCUT2D eigenvalue weighted by Gasteiger charge is -2.15. The third-order valence-electron chi connectivity index (χ3n) is 3.66. The first-order valence-corrected chi connectivity index (χ1v) is 8.87. The van der Waals surface area contributed by atoms with E-state index in [1.54, 1.807) is 37.4 Å². The number of anilines is 1. The second kappa shape index (κ2) is 9.28. The van der Waals surface area contributed by atoms with Crippen LogP contribution >= 0.6 is 11.6 Å². The van der Waals surface area contributed by atoms with E-state index in [-0.39, 0.29) is 11.8 Å². The molecule has 0 spiro atoms. The number of hydrogen-bond acceptors (Lipinski definition) is 4. The summed E-state index contributed by atoms with van der Waals surface area (Å²) in [4.78, 5) is 24.3. The summed E-state index contributed by atoms with van der Waals surface area (Å²) in [5.74, 6) is 0.502. The monoisotopic (exact) mass is 390 g/mol. The predicted molar refractivity (Wildman–Crippen MR) is 106 cm³/mol. The van der Waals surface area contributed by atoms with Crippen LogP contribution in [0.2, 0.25) is 5.02 Å². The van der Waals surface area contributed by atoms with Crippen molar-refractivity contribution in [1.29, 1.82) is 0 Å². The molecule has 0 bridgehead atoms. The van der Waals surface area contributed by atoms with E-state index < -0.39 is 0 Å². The van der Waals surface area contributed by atoms with E-state index in [4.69, 9.17) is 21.1 Å². The number of carbonyl (C=O) groups is 2. The summed E-state index contributed by atoms with van der Waals surface area (Å²) >= 11 is 6.29. The minimum Gasteiger partial charge on any atom is -0.493 e. The van der Waals surface area contributed by atoms with Gasteiger partial charge in [0.2, 0.25) is 0 Å². The number of rotatable bonds is 7. The summed E-state index contributed by atoms with van der Waals surface area (Å²) in [6, 6.07) is 9.74. The normalized spacial score (nSPS) is 10.4. The highest BCUT2D eigenvalue weighted by Gasteiger charge is 2.17. The molecule has 0 radical (unpaired) electrons. The van der Waals surface area contributed by atoms with Crippen LogP contribution < -0.4 is 20.1 Å². The Morgan fingerprint density at radius 3 is 2.48 bits per heavy atom. The van der Waals surface area contributed by atoms with Gasteiger partial charge in [0.05, 0.1) is 18.7 Å². The molecule has 2 amide bonds. The number of methoxy groups -OCH3 is 1. The van der Waals surface area contributed by atoms with Gasteiger partial charge in [-0.25, -0.2) is 0 Å². The Morgan fingerprint density at radius 2 is 1.85 bits per heavy atom. The van der Waals surface area contributed by atoms with Crippen LogP contribution in [-0.2, 0) is 0 Å². The van der Waals surface area contributed by atoms with Crippen LogP contribution in [0.4, 0.5) is 5.69 Å². The Hall–Kier alpha value is -2.73. The Labute approximate surface area is 163 Å². The average molecular weight is 391 g/mol. The number of ether oxygens (including phenoxy) is 2. The van der Waals surface area contributed by atoms with Gasteiger partial charge in [0.15, 0.2) is 11.5 Å². The molecule has 2 aromatic rings. The van der Waals surface area contributed by atoms with E-state index in [0.717, 1.165) is 0 Å². The molecule has 2 rings (SSSR count). The van der Waals surface area contributed by atoms with Crippen LogP contribution in [0.1, 0.15) is 34.6 Å². The lowest BCUT2D eigenvalue weighted by Crippen LogP contribution is -2.18. The first-order valence-electron chi connectivity index (χ1n) is 8.49. The summed E-state index contributed by atoms with van der Waals surface area (Å²) < 4.78 is 11.0. The van der Waals surface area contributed by atoms with Crippen LogP contribution in [-0.4, -0.2) is 32.6 Å². The Kier molecular flexibility index (Phi) is 7.07. The molecule has 0 saturated carbocycles. The van der Waals surface area contributed by atoms with Crippen molar-refractivity contribution in [2.45, 2.75) is 13.8 Å². The lowest BCUT2D eigenvalue weighted by molar-refractivity contribution is 0.0961. The molecule has 27 heavy (non-hydrogen) atoms. The van der Waals surface area contributed by atoms with Crippen LogP contribution in [0.15, 0.2) is 36.4 Å². The fraction of sp³-hybridized carbons (Fsp3) is 0.300. The van der Waals surface area contributed by atoms with Gasteiger partial charge in [-0.05, 0) is 36.2 Å². The van der Waals surface area contributed by atoms with Crippen molar-refractivity contribution < 1.29 is 19.1 Å². The molecule has 0 fully saturated rings. The number of amides is 2. The molecular weight excluding hydrogens is 368 g/mol. The highest BCUT2D eigenvalue weighted by atomic mass is 35.5. The summed E-state index contributed by atoms with van der Waals surface area (Å²) in [7, 11) is 3.03. The molecule has 0 aromatic heterocycles. The number of benzene rings is 2. The Balaban J connectivity index is 2.24. The van der Waals surface area contributed by atoms with Crippen molar-refractivity contribution in [1.82, 2.24) is 5.32 Å². The molecular formula is C20H23ClN2O4. The quantitative estimate of drug-likeness (QED) is 0.749. The number of nitrogens with one attached hydrogen (secondary N) is 2. The molecule has 0 heterocycles. The first kappa shape index (κ1) is 20.6. The average Bonchev–Trinajstić information content (AvgIpc) is 2.65. The van der Waals surface area contributed by atoms with Gasteiger partial charge in [-0.2, -0.15) is 0 Å². The smallest absolute Gasteiger partial charge is 0.255 e. The number of halogens is 1. The molecule has 0 aliphatic carbocycles. The third-order valence-corrected chi connectivity index (χ3v) is 3.94. The standard InChI is InChI=1S/C20H23ClN2O4/c1-12(2)11-27-18-16(21)9-14(10-17(18)26-4)20(25)23-15-7-5-6-13(8-15)19(24)22-3/h5-10,12H,11H2,1-4H3,(H,22,24)(H,23,25). The van der Waals surface area contributed by atoms with E-state index in [2.05, 4.69) is 10.6 Å². The zero-order valence-corrected chi connectivity index (χ0v) is 16.5. The number of carbonyl (C=O) groups excluding carboxylic acids is 2. The molecule has 0 aliphatic heterocycles. The maximum Gasteiger partial charge on any atom is 0.255 e. The largest absolute Gasteiger partial charge is 0.493 e. The minimum atomic E-state index is -0.375. The van der Waals surface area contributed by atoms with Gasteiger partial charge in [0, 0.05) is 23.9 Å². The molecule has 6 nitrogen and oxygen atoms in total. The van der Waals surface area contributed by atoms with E-state index >= 15 is 0 Å². The van der Waals surface area contributed by atoms with Crippen molar-refractivity contribution in [3.05, 3.63) is 52.5 Å². The van der Waals surface area contributed by atoms with Gasteiger partial charge >= 0.3 is 0 Å². The van der Waals surface area contributed by atoms with Gasteiger partial charge in [0.25, 0.3) is 11.8 Å². The van der Waals surface area contributed by atoms with Crippen molar-refractivity contribution in [3.8, 4) is 11.5 Å². The summed E-state index contributed by atoms with van der Waals surface area (Å²) in [6.07, 6.45) is 0. The molecule has 2 aromatic carbocycles. The van der Waals surface area contributed by atoms with E-state index in [1.165, 1.54) is 13.2 Å². The highest BCUT2D eigenvalue weighted by molar-refractivity contribution is 6.32. The highest BCUT2D eigenvalue weighted by Crippen LogP contribution is 2.37. The first-order chi connectivity index (χ1) is 12.8. The third kappa shape index (κ3) is 5.37. The minimum absolute atomic E-state index is 0.234. The van der Waals surface area contributed by atoms with Gasteiger partial charge in [0.1, 0.15) is 0 Å². The summed E-state index contributed by atoms with van der Waals surface area (Å²) in [5, 5.41) is 5.59. The second-order valence-electron chi connectivity index (χ2n) is 6.31. The van der Waals surface area contributed by atoms with Crippen LogP contribution in [0.3, 0.4) is 0 Å². The van der Waals surface area contributed by atoms with Crippen LogP contribution in [0.25, 0.3) is 0 Å². The van der Waals surface area contributed by atoms with Gasteiger partial charge < -0.3 is 20.1 Å². The van der Waals surface area contributed by atoms with Gasteiger partial charge in [-0.1, -0.05) is 31.5 Å². The summed E-state index contributed by atoms with van der Waals surface area (Å²) in [5.41, 5.74) is 1.26. The fourth-order valence-electron chi connectivity index (χ4n) is 2.33. The lowest BCUT2D eigenvalue weighted by atomic mass is 10.1. The Morgan fingerprint density at radius 1 is 1.11 bits per heavy atom. The predicted octanol–water partition coefficient (Wildman–Crippen LogP) is 4.00. The maximum absolute atomic E-state index is 12.6. The molecule has 144 valence electrons. The molecule has 0 atom stereocenters. The van der Waals surface area contributed by atoms with Gasteiger partial charge in [-0.3, -0.25) is 9.59 Å². The maximum atomic E-state index is 12.6. The summed E-state index contributed by atoms with van der Waals surface area (Å²) in [6.45, 7) is 4.53. The van der Waals surface area contributed by atoms with Crippen LogP contribution in [0, 0.1) is 5.92 Å². The molecule has 0 saturated heterocycles. The van der Waals surface area contributed by atoms with Crippen molar-refractivity contribution in [2.75, 3.05) is 26.1 Å². The second-order valence-corrected chi connectivity index (χ2v) is 6.72. The molecule has 7 heteroatoms.